The summed E-state index contributed by atoms with van der Waals surface area (Å²) >= 11 is 0. The molecule has 1 aliphatic carbocycles. The summed E-state index contributed by atoms with van der Waals surface area (Å²) in [6, 6.07) is 1.71. The van der Waals surface area contributed by atoms with Gasteiger partial charge >= 0.3 is 5.69 Å². The standard InChI is InChI=1S/C16H20N4O3/c1-19-13-12(15(22)20(2)16(19)23)8-10(9-17-13)14(21)18-11-6-4-3-5-7-11/h8-9,11H,3-7H2,1-2H3,(H,18,21). The molecule has 1 N–H and O–H groups in total. The van der Waals surface area contributed by atoms with Gasteiger partial charge in [-0.15, -0.1) is 0 Å². The lowest BCUT2D eigenvalue weighted by atomic mass is 9.95. The molecule has 1 amide bonds. The quantitative estimate of drug-likeness (QED) is 0.883. The van der Waals surface area contributed by atoms with Crippen molar-refractivity contribution < 1.29 is 4.79 Å². The van der Waals surface area contributed by atoms with E-state index in [0.29, 0.717) is 5.56 Å². The van der Waals surface area contributed by atoms with Crippen LogP contribution < -0.4 is 16.6 Å². The predicted octanol–water partition coefficient (Wildman–Crippen LogP) is 0.695. The Hall–Kier alpha value is -2.44. The van der Waals surface area contributed by atoms with Crippen LogP contribution in [0.5, 0.6) is 0 Å². The predicted molar refractivity (Wildman–Crippen MR) is 86.6 cm³/mol. The Kier molecular flexibility index (Phi) is 4.02. The molecule has 0 saturated heterocycles. The maximum Gasteiger partial charge on any atom is 0.332 e. The molecule has 0 radical (unpaired) electrons. The van der Waals surface area contributed by atoms with Crippen LogP contribution in [0.1, 0.15) is 42.5 Å². The minimum absolute atomic E-state index is 0.190. The summed E-state index contributed by atoms with van der Waals surface area (Å²) in [5, 5.41) is 3.27. The van der Waals surface area contributed by atoms with Gasteiger partial charge in [-0.2, -0.15) is 0 Å². The number of fused-ring (bicyclic) bond motifs is 1. The minimum Gasteiger partial charge on any atom is -0.349 e. The number of rotatable bonds is 2. The molecule has 2 aromatic rings. The summed E-state index contributed by atoms with van der Waals surface area (Å²) in [7, 11) is 2.97. The second-order valence-electron chi connectivity index (χ2n) is 6.11. The SMILES string of the molecule is Cn1c(=O)c2cc(C(=O)NC3CCCCC3)cnc2n(C)c1=O. The van der Waals surface area contributed by atoms with E-state index in [1.165, 1.54) is 30.3 Å². The Bertz CT molecular complexity index is 875. The fraction of sp³-hybridized carbons (Fsp3) is 0.500. The van der Waals surface area contributed by atoms with Crippen LogP contribution in [0, 0.1) is 0 Å². The topological polar surface area (TPSA) is 86.0 Å². The van der Waals surface area contributed by atoms with Crippen LogP contribution in [0.3, 0.4) is 0 Å². The van der Waals surface area contributed by atoms with Crippen molar-refractivity contribution in [1.82, 2.24) is 19.4 Å². The van der Waals surface area contributed by atoms with Gasteiger partial charge in [0, 0.05) is 26.3 Å². The molecule has 7 heteroatoms. The fourth-order valence-corrected chi connectivity index (χ4v) is 3.11. The average Bonchev–Trinajstić information content (AvgIpc) is 2.58. The lowest BCUT2D eigenvalue weighted by molar-refractivity contribution is 0.0927. The third-order valence-electron chi connectivity index (χ3n) is 4.50. The highest BCUT2D eigenvalue weighted by atomic mass is 16.2. The Morgan fingerprint density at radius 2 is 1.87 bits per heavy atom. The molecule has 0 atom stereocenters. The van der Waals surface area contributed by atoms with Gasteiger partial charge in [-0.05, 0) is 18.9 Å². The number of amides is 1. The van der Waals surface area contributed by atoms with Crippen LogP contribution in [-0.2, 0) is 14.1 Å². The number of hydrogen-bond donors (Lipinski definition) is 1. The number of carbonyl (C=O) groups excluding carboxylic acids is 1. The number of pyridine rings is 1. The van der Waals surface area contributed by atoms with Crippen LogP contribution >= 0.6 is 0 Å². The Morgan fingerprint density at radius 1 is 1.17 bits per heavy atom. The fourth-order valence-electron chi connectivity index (χ4n) is 3.11. The normalized spacial score (nSPS) is 15.7. The van der Waals surface area contributed by atoms with Crippen LogP contribution in [0.15, 0.2) is 21.9 Å². The second-order valence-corrected chi connectivity index (χ2v) is 6.11. The molecular weight excluding hydrogens is 296 g/mol. The highest BCUT2D eigenvalue weighted by Gasteiger charge is 2.18. The van der Waals surface area contributed by atoms with Crippen molar-refractivity contribution in [2.75, 3.05) is 0 Å². The second kappa shape index (κ2) is 5.98. The average molecular weight is 316 g/mol. The summed E-state index contributed by atoms with van der Waals surface area (Å²) in [6.45, 7) is 0. The lowest BCUT2D eigenvalue weighted by Crippen LogP contribution is -2.38. The maximum absolute atomic E-state index is 12.4. The van der Waals surface area contributed by atoms with Crippen molar-refractivity contribution in [1.29, 1.82) is 0 Å². The summed E-state index contributed by atoms with van der Waals surface area (Å²) in [5.74, 6) is -0.220. The molecule has 0 unspecified atom stereocenters. The summed E-state index contributed by atoms with van der Waals surface area (Å²) in [4.78, 5) is 40.7. The van der Waals surface area contributed by atoms with Gasteiger partial charge in [-0.1, -0.05) is 19.3 Å². The molecule has 0 aromatic carbocycles. The first kappa shape index (κ1) is 15.5. The zero-order valence-corrected chi connectivity index (χ0v) is 13.3. The molecule has 1 aliphatic rings. The first-order valence-electron chi connectivity index (χ1n) is 7.85. The summed E-state index contributed by atoms with van der Waals surface area (Å²) in [5.41, 5.74) is -0.247. The molecule has 1 saturated carbocycles. The third-order valence-corrected chi connectivity index (χ3v) is 4.50. The van der Waals surface area contributed by atoms with E-state index in [4.69, 9.17) is 0 Å². The zero-order valence-electron chi connectivity index (χ0n) is 13.3. The van der Waals surface area contributed by atoms with Crippen LogP contribution in [0.2, 0.25) is 0 Å². The number of aromatic nitrogens is 3. The molecule has 2 heterocycles. The van der Waals surface area contributed by atoms with E-state index in [0.717, 1.165) is 30.3 Å². The van der Waals surface area contributed by atoms with Gasteiger partial charge < -0.3 is 5.32 Å². The molecule has 0 spiro atoms. The molecule has 3 rings (SSSR count). The number of nitrogens with zero attached hydrogens (tertiary/aromatic N) is 3. The molecular formula is C16H20N4O3. The van der Waals surface area contributed by atoms with E-state index in [9.17, 15) is 14.4 Å². The number of hydrogen-bond acceptors (Lipinski definition) is 4. The van der Waals surface area contributed by atoms with Gasteiger partial charge in [0.25, 0.3) is 11.5 Å². The van der Waals surface area contributed by atoms with E-state index in [1.54, 1.807) is 7.05 Å². The van der Waals surface area contributed by atoms with E-state index >= 15 is 0 Å². The zero-order chi connectivity index (χ0) is 16.6. The van der Waals surface area contributed by atoms with E-state index in [2.05, 4.69) is 10.3 Å². The summed E-state index contributed by atoms with van der Waals surface area (Å²) in [6.07, 6.45) is 6.87. The first-order chi connectivity index (χ1) is 11.0. The molecule has 0 aliphatic heterocycles. The van der Waals surface area contributed by atoms with Crippen molar-refractivity contribution in [3.05, 3.63) is 38.7 Å². The van der Waals surface area contributed by atoms with Crippen molar-refractivity contribution >= 4 is 16.9 Å². The van der Waals surface area contributed by atoms with Gasteiger partial charge in [0.05, 0.1) is 10.9 Å². The molecule has 122 valence electrons. The smallest absolute Gasteiger partial charge is 0.332 e. The van der Waals surface area contributed by atoms with E-state index < -0.39 is 11.2 Å². The Balaban J connectivity index is 1.98. The monoisotopic (exact) mass is 316 g/mol. The molecule has 7 nitrogen and oxygen atoms in total. The van der Waals surface area contributed by atoms with Gasteiger partial charge in [-0.25, -0.2) is 9.78 Å². The summed E-state index contributed by atoms with van der Waals surface area (Å²) < 4.78 is 2.33. The highest BCUT2D eigenvalue weighted by molar-refractivity contribution is 5.96. The van der Waals surface area contributed by atoms with Gasteiger partial charge in [-0.3, -0.25) is 18.7 Å². The van der Waals surface area contributed by atoms with Gasteiger partial charge in [0.2, 0.25) is 0 Å². The largest absolute Gasteiger partial charge is 0.349 e. The Labute approximate surface area is 133 Å². The van der Waals surface area contributed by atoms with E-state index in [-0.39, 0.29) is 23.0 Å². The van der Waals surface area contributed by atoms with E-state index in [1.807, 2.05) is 0 Å². The Morgan fingerprint density at radius 3 is 2.57 bits per heavy atom. The number of nitrogens with one attached hydrogen (secondary N) is 1. The van der Waals surface area contributed by atoms with Crippen molar-refractivity contribution in [3.8, 4) is 0 Å². The minimum atomic E-state index is -0.442. The maximum atomic E-state index is 12.4. The number of aryl methyl sites for hydroxylation is 1. The van der Waals surface area contributed by atoms with Crippen LogP contribution in [0.4, 0.5) is 0 Å². The van der Waals surface area contributed by atoms with Crippen LogP contribution in [-0.4, -0.2) is 26.1 Å². The number of carbonyl (C=O) groups is 1. The molecule has 1 fully saturated rings. The molecule has 2 aromatic heterocycles. The highest BCUT2D eigenvalue weighted by Crippen LogP contribution is 2.18. The van der Waals surface area contributed by atoms with Crippen molar-refractivity contribution in [2.45, 2.75) is 38.1 Å². The molecule has 23 heavy (non-hydrogen) atoms. The van der Waals surface area contributed by atoms with Crippen molar-refractivity contribution in [2.24, 2.45) is 14.1 Å². The first-order valence-corrected chi connectivity index (χ1v) is 7.85. The third kappa shape index (κ3) is 2.78. The molecule has 0 bridgehead atoms. The van der Waals surface area contributed by atoms with Crippen molar-refractivity contribution in [3.63, 3.8) is 0 Å². The van der Waals surface area contributed by atoms with Crippen LogP contribution in [0.25, 0.3) is 11.0 Å². The lowest BCUT2D eigenvalue weighted by Gasteiger charge is -2.22. The van der Waals surface area contributed by atoms with Gasteiger partial charge in [0.1, 0.15) is 5.65 Å². The van der Waals surface area contributed by atoms with Gasteiger partial charge in [0.15, 0.2) is 0 Å².